The highest BCUT2D eigenvalue weighted by Gasteiger charge is 2.08. The Bertz CT molecular complexity index is 449. The lowest BCUT2D eigenvalue weighted by Crippen LogP contribution is -2.35. The molecule has 2 aromatic rings. The van der Waals surface area contributed by atoms with E-state index in [1.807, 2.05) is 6.20 Å². The standard InChI is InChI=1S/C13H18N2/c1-13(2,3)15-9-10-4-5-12-11(8-10)6-7-14-12/h4-8,14-15H,9H2,1-3H3. The van der Waals surface area contributed by atoms with E-state index in [4.69, 9.17) is 0 Å². The highest BCUT2D eigenvalue weighted by Crippen LogP contribution is 2.14. The zero-order valence-corrected chi connectivity index (χ0v) is 9.59. The molecule has 0 bridgehead atoms. The Balaban J connectivity index is 2.15. The number of hydrogen-bond acceptors (Lipinski definition) is 1. The van der Waals surface area contributed by atoms with Crippen LogP contribution in [0.3, 0.4) is 0 Å². The smallest absolute Gasteiger partial charge is 0.0454 e. The lowest BCUT2D eigenvalue weighted by atomic mass is 10.1. The predicted octanol–water partition coefficient (Wildman–Crippen LogP) is 3.06. The average molecular weight is 202 g/mol. The van der Waals surface area contributed by atoms with Crippen LogP contribution in [-0.2, 0) is 6.54 Å². The third-order valence-corrected chi connectivity index (χ3v) is 2.44. The van der Waals surface area contributed by atoms with E-state index < -0.39 is 0 Å². The summed E-state index contributed by atoms with van der Waals surface area (Å²) in [7, 11) is 0. The minimum absolute atomic E-state index is 0.174. The fourth-order valence-electron chi connectivity index (χ4n) is 1.58. The van der Waals surface area contributed by atoms with Gasteiger partial charge in [0.25, 0.3) is 0 Å². The van der Waals surface area contributed by atoms with Crippen molar-refractivity contribution in [2.24, 2.45) is 0 Å². The fourth-order valence-corrected chi connectivity index (χ4v) is 1.58. The van der Waals surface area contributed by atoms with Crippen LogP contribution in [0, 0.1) is 0 Å². The molecule has 2 rings (SSSR count). The van der Waals surface area contributed by atoms with E-state index in [1.165, 1.54) is 16.5 Å². The van der Waals surface area contributed by atoms with Crippen molar-refractivity contribution in [2.75, 3.05) is 0 Å². The molecule has 0 unspecified atom stereocenters. The molecule has 80 valence electrons. The van der Waals surface area contributed by atoms with Crippen molar-refractivity contribution in [2.45, 2.75) is 32.9 Å². The maximum Gasteiger partial charge on any atom is 0.0454 e. The van der Waals surface area contributed by atoms with Gasteiger partial charge in [-0.05, 0) is 49.9 Å². The van der Waals surface area contributed by atoms with E-state index in [2.05, 4.69) is 55.3 Å². The highest BCUT2D eigenvalue weighted by atomic mass is 14.9. The van der Waals surface area contributed by atoms with Crippen LogP contribution in [0.4, 0.5) is 0 Å². The van der Waals surface area contributed by atoms with Crippen molar-refractivity contribution >= 4 is 10.9 Å². The summed E-state index contributed by atoms with van der Waals surface area (Å²) in [6.07, 6.45) is 1.98. The number of rotatable bonds is 2. The van der Waals surface area contributed by atoms with E-state index >= 15 is 0 Å². The number of aromatic amines is 1. The van der Waals surface area contributed by atoms with Crippen LogP contribution in [0.15, 0.2) is 30.5 Å². The van der Waals surface area contributed by atoms with Gasteiger partial charge in [0, 0.05) is 23.8 Å². The maximum absolute atomic E-state index is 3.48. The topological polar surface area (TPSA) is 27.8 Å². The molecule has 1 heterocycles. The lowest BCUT2D eigenvalue weighted by molar-refractivity contribution is 0.424. The second-order valence-corrected chi connectivity index (χ2v) is 5.00. The normalized spacial score (nSPS) is 12.2. The van der Waals surface area contributed by atoms with Crippen LogP contribution in [-0.4, -0.2) is 10.5 Å². The van der Waals surface area contributed by atoms with Crippen LogP contribution in [0.5, 0.6) is 0 Å². The Morgan fingerprint density at radius 2 is 2.00 bits per heavy atom. The largest absolute Gasteiger partial charge is 0.361 e. The molecule has 0 saturated heterocycles. The summed E-state index contributed by atoms with van der Waals surface area (Å²) in [4.78, 5) is 3.20. The molecule has 15 heavy (non-hydrogen) atoms. The molecular formula is C13H18N2. The Kier molecular flexibility index (Phi) is 2.53. The van der Waals surface area contributed by atoms with Gasteiger partial charge in [0.05, 0.1) is 0 Å². The number of hydrogen-bond donors (Lipinski definition) is 2. The second-order valence-electron chi connectivity index (χ2n) is 5.00. The lowest BCUT2D eigenvalue weighted by Gasteiger charge is -2.20. The van der Waals surface area contributed by atoms with Crippen LogP contribution in [0.2, 0.25) is 0 Å². The molecule has 0 amide bonds. The minimum Gasteiger partial charge on any atom is -0.361 e. The summed E-state index contributed by atoms with van der Waals surface area (Å²) in [5, 5.41) is 4.77. The number of nitrogens with one attached hydrogen (secondary N) is 2. The number of H-pyrrole nitrogens is 1. The summed E-state index contributed by atoms with van der Waals surface area (Å²) in [6.45, 7) is 7.47. The van der Waals surface area contributed by atoms with Crippen LogP contribution >= 0.6 is 0 Å². The zero-order chi connectivity index (χ0) is 10.9. The van der Waals surface area contributed by atoms with Crippen molar-refractivity contribution in [3.05, 3.63) is 36.0 Å². The quantitative estimate of drug-likeness (QED) is 0.769. The summed E-state index contributed by atoms with van der Waals surface area (Å²) >= 11 is 0. The number of aromatic nitrogens is 1. The SMILES string of the molecule is CC(C)(C)NCc1ccc2[nH]ccc2c1. The van der Waals surface area contributed by atoms with Crippen molar-refractivity contribution in [3.8, 4) is 0 Å². The van der Waals surface area contributed by atoms with Gasteiger partial charge in [-0.2, -0.15) is 0 Å². The van der Waals surface area contributed by atoms with Gasteiger partial charge in [-0.25, -0.2) is 0 Å². The molecular weight excluding hydrogens is 184 g/mol. The Labute approximate surface area is 90.7 Å². The van der Waals surface area contributed by atoms with Crippen molar-refractivity contribution in [1.82, 2.24) is 10.3 Å². The molecule has 0 aliphatic heterocycles. The average Bonchev–Trinajstić information content (AvgIpc) is 2.60. The zero-order valence-electron chi connectivity index (χ0n) is 9.59. The summed E-state index contributed by atoms with van der Waals surface area (Å²) in [6, 6.07) is 8.63. The Morgan fingerprint density at radius 1 is 1.20 bits per heavy atom. The van der Waals surface area contributed by atoms with Crippen LogP contribution in [0.25, 0.3) is 10.9 Å². The van der Waals surface area contributed by atoms with Gasteiger partial charge in [0.15, 0.2) is 0 Å². The minimum atomic E-state index is 0.174. The van der Waals surface area contributed by atoms with E-state index in [-0.39, 0.29) is 5.54 Å². The first-order chi connectivity index (χ1) is 7.04. The molecule has 2 nitrogen and oxygen atoms in total. The monoisotopic (exact) mass is 202 g/mol. The van der Waals surface area contributed by atoms with E-state index in [1.54, 1.807) is 0 Å². The summed E-state index contributed by atoms with van der Waals surface area (Å²) in [5.74, 6) is 0. The molecule has 0 fully saturated rings. The first kappa shape index (κ1) is 10.2. The van der Waals surface area contributed by atoms with Gasteiger partial charge in [-0.1, -0.05) is 6.07 Å². The molecule has 0 aliphatic rings. The Hall–Kier alpha value is -1.28. The molecule has 1 aromatic carbocycles. The summed E-state index contributed by atoms with van der Waals surface area (Å²) in [5.41, 5.74) is 2.71. The van der Waals surface area contributed by atoms with Gasteiger partial charge in [-0.15, -0.1) is 0 Å². The predicted molar refractivity (Wildman–Crippen MR) is 64.9 cm³/mol. The van der Waals surface area contributed by atoms with Gasteiger partial charge < -0.3 is 10.3 Å². The maximum atomic E-state index is 3.48. The van der Waals surface area contributed by atoms with E-state index in [0.29, 0.717) is 0 Å². The molecule has 0 saturated carbocycles. The van der Waals surface area contributed by atoms with Crippen molar-refractivity contribution < 1.29 is 0 Å². The molecule has 0 aliphatic carbocycles. The van der Waals surface area contributed by atoms with Crippen molar-refractivity contribution in [1.29, 1.82) is 0 Å². The first-order valence-corrected chi connectivity index (χ1v) is 5.36. The van der Waals surface area contributed by atoms with E-state index in [0.717, 1.165) is 6.54 Å². The third-order valence-electron chi connectivity index (χ3n) is 2.44. The third kappa shape index (κ3) is 2.60. The molecule has 0 spiro atoms. The molecule has 2 N–H and O–H groups in total. The van der Waals surface area contributed by atoms with Crippen LogP contribution < -0.4 is 5.32 Å². The fraction of sp³-hybridized carbons (Fsp3) is 0.385. The van der Waals surface area contributed by atoms with Gasteiger partial charge in [-0.3, -0.25) is 0 Å². The summed E-state index contributed by atoms with van der Waals surface area (Å²) < 4.78 is 0. The van der Waals surface area contributed by atoms with Gasteiger partial charge >= 0.3 is 0 Å². The van der Waals surface area contributed by atoms with E-state index in [9.17, 15) is 0 Å². The molecule has 2 heteroatoms. The number of benzene rings is 1. The molecule has 0 radical (unpaired) electrons. The van der Waals surface area contributed by atoms with Gasteiger partial charge in [0.1, 0.15) is 0 Å². The Morgan fingerprint density at radius 3 is 2.73 bits per heavy atom. The van der Waals surface area contributed by atoms with Crippen molar-refractivity contribution in [3.63, 3.8) is 0 Å². The first-order valence-electron chi connectivity index (χ1n) is 5.36. The molecule has 1 aromatic heterocycles. The van der Waals surface area contributed by atoms with Gasteiger partial charge in [0.2, 0.25) is 0 Å². The second kappa shape index (κ2) is 3.70. The number of fused-ring (bicyclic) bond motifs is 1. The highest BCUT2D eigenvalue weighted by molar-refractivity contribution is 5.79. The van der Waals surface area contributed by atoms with Crippen LogP contribution in [0.1, 0.15) is 26.3 Å². The molecule has 0 atom stereocenters.